The van der Waals surface area contributed by atoms with E-state index in [1.165, 1.54) is 6.42 Å². The molecule has 0 unspecified atom stereocenters. The minimum absolute atomic E-state index is 0.00654. The summed E-state index contributed by atoms with van der Waals surface area (Å²) in [6.07, 6.45) is 6.04. The average molecular weight is 242 g/mol. The van der Waals surface area contributed by atoms with Crippen molar-refractivity contribution >= 4 is 12.0 Å². The molecular formula is C12H22N2O3. The van der Waals surface area contributed by atoms with Crippen molar-refractivity contribution < 1.29 is 14.7 Å². The van der Waals surface area contributed by atoms with Gasteiger partial charge < -0.3 is 15.3 Å². The van der Waals surface area contributed by atoms with E-state index in [4.69, 9.17) is 5.11 Å². The molecule has 2 N–H and O–H groups in total. The van der Waals surface area contributed by atoms with E-state index in [0.29, 0.717) is 19.0 Å². The molecule has 0 aromatic carbocycles. The lowest BCUT2D eigenvalue weighted by molar-refractivity contribution is -0.137. The number of amides is 2. The number of urea groups is 1. The molecule has 1 aliphatic rings. The summed E-state index contributed by atoms with van der Waals surface area (Å²) in [6.45, 7) is 0.634. The maximum absolute atomic E-state index is 11.6. The molecule has 0 radical (unpaired) electrons. The molecule has 98 valence electrons. The number of aliphatic carboxylic acids is 1. The molecule has 17 heavy (non-hydrogen) atoms. The van der Waals surface area contributed by atoms with Crippen LogP contribution in [0.4, 0.5) is 4.79 Å². The fourth-order valence-electron chi connectivity index (χ4n) is 1.84. The number of carboxylic acids is 1. The predicted molar refractivity (Wildman–Crippen MR) is 64.9 cm³/mol. The fourth-order valence-corrected chi connectivity index (χ4v) is 1.84. The van der Waals surface area contributed by atoms with Gasteiger partial charge in [-0.05, 0) is 32.1 Å². The second-order valence-electron chi connectivity index (χ2n) is 4.63. The van der Waals surface area contributed by atoms with Crippen LogP contribution >= 0.6 is 0 Å². The highest BCUT2D eigenvalue weighted by atomic mass is 16.4. The molecule has 0 aromatic heterocycles. The Labute approximate surface area is 102 Å². The average Bonchev–Trinajstić information content (AvgIpc) is 2.19. The molecule has 5 heteroatoms. The number of hydrogen-bond acceptors (Lipinski definition) is 2. The van der Waals surface area contributed by atoms with E-state index in [2.05, 4.69) is 5.32 Å². The van der Waals surface area contributed by atoms with Crippen LogP contribution < -0.4 is 5.32 Å². The number of carboxylic acid groups (broad SMARTS) is 1. The highest BCUT2D eigenvalue weighted by Gasteiger charge is 2.25. The van der Waals surface area contributed by atoms with Gasteiger partial charge in [-0.25, -0.2) is 4.79 Å². The van der Waals surface area contributed by atoms with E-state index in [1.807, 2.05) is 7.05 Å². The van der Waals surface area contributed by atoms with Crippen LogP contribution in [0.1, 0.15) is 44.9 Å². The molecule has 0 aromatic rings. The minimum Gasteiger partial charge on any atom is -0.481 e. The smallest absolute Gasteiger partial charge is 0.317 e. The van der Waals surface area contributed by atoms with Gasteiger partial charge in [0, 0.05) is 26.1 Å². The molecule has 0 spiro atoms. The summed E-state index contributed by atoms with van der Waals surface area (Å²) >= 11 is 0. The van der Waals surface area contributed by atoms with E-state index in [0.717, 1.165) is 25.7 Å². The van der Waals surface area contributed by atoms with Gasteiger partial charge in [-0.2, -0.15) is 0 Å². The predicted octanol–water partition coefficient (Wildman–Crippen LogP) is 1.83. The lowest BCUT2D eigenvalue weighted by Gasteiger charge is -2.34. The molecule has 2 amide bonds. The monoisotopic (exact) mass is 242 g/mol. The first-order valence-corrected chi connectivity index (χ1v) is 6.33. The van der Waals surface area contributed by atoms with E-state index in [-0.39, 0.29) is 12.5 Å². The van der Waals surface area contributed by atoms with Gasteiger partial charge in [0.2, 0.25) is 0 Å². The van der Waals surface area contributed by atoms with Crippen LogP contribution in [0, 0.1) is 0 Å². The fraction of sp³-hybridized carbons (Fsp3) is 0.833. The van der Waals surface area contributed by atoms with Gasteiger partial charge in [0.1, 0.15) is 0 Å². The zero-order valence-corrected chi connectivity index (χ0v) is 10.4. The molecule has 0 saturated heterocycles. The number of hydrogen-bond donors (Lipinski definition) is 2. The summed E-state index contributed by atoms with van der Waals surface area (Å²) < 4.78 is 0. The van der Waals surface area contributed by atoms with Gasteiger partial charge in [-0.3, -0.25) is 4.79 Å². The lowest BCUT2D eigenvalue weighted by Crippen LogP contribution is -2.46. The third-order valence-corrected chi connectivity index (χ3v) is 3.29. The summed E-state index contributed by atoms with van der Waals surface area (Å²) in [5.74, 6) is -0.751. The van der Waals surface area contributed by atoms with Crippen molar-refractivity contribution in [3.63, 3.8) is 0 Å². The van der Waals surface area contributed by atoms with Crippen molar-refractivity contribution in [2.75, 3.05) is 13.6 Å². The Bertz CT molecular complexity index is 264. The quantitative estimate of drug-likeness (QED) is 0.669. The molecule has 1 saturated carbocycles. The van der Waals surface area contributed by atoms with E-state index < -0.39 is 5.97 Å². The Balaban J connectivity index is 1.98. The number of carbonyl (C=O) groups is 2. The number of unbranched alkanes of at least 4 members (excludes halogenated alkanes) is 2. The molecule has 0 bridgehead atoms. The zero-order chi connectivity index (χ0) is 12.7. The summed E-state index contributed by atoms with van der Waals surface area (Å²) in [5, 5.41) is 11.3. The minimum atomic E-state index is -0.751. The second kappa shape index (κ2) is 7.14. The standard InChI is InChI=1S/C12H22N2O3/c1-14(10-6-5-7-10)12(17)13-9-4-2-3-8-11(15)16/h10H,2-9H2,1H3,(H,13,17)(H,15,16). The number of nitrogens with zero attached hydrogens (tertiary/aromatic N) is 1. The van der Waals surface area contributed by atoms with Gasteiger partial charge in [-0.1, -0.05) is 6.42 Å². The van der Waals surface area contributed by atoms with Crippen LogP contribution in [0.2, 0.25) is 0 Å². The number of nitrogens with one attached hydrogen (secondary N) is 1. The first-order chi connectivity index (χ1) is 8.11. The molecule has 1 fully saturated rings. The summed E-state index contributed by atoms with van der Waals surface area (Å²) in [4.78, 5) is 23.7. The van der Waals surface area contributed by atoms with Crippen molar-refractivity contribution in [3.8, 4) is 0 Å². The van der Waals surface area contributed by atoms with Gasteiger partial charge in [0.25, 0.3) is 0 Å². The first kappa shape index (κ1) is 13.8. The maximum Gasteiger partial charge on any atom is 0.317 e. The highest BCUT2D eigenvalue weighted by Crippen LogP contribution is 2.23. The molecule has 0 heterocycles. The normalized spacial score (nSPS) is 15.1. The Morgan fingerprint density at radius 2 is 2.00 bits per heavy atom. The van der Waals surface area contributed by atoms with Crippen LogP contribution in [0.5, 0.6) is 0 Å². The third kappa shape index (κ3) is 5.06. The van der Waals surface area contributed by atoms with Gasteiger partial charge in [0.05, 0.1) is 0 Å². The molecule has 1 aliphatic carbocycles. The van der Waals surface area contributed by atoms with Crippen molar-refractivity contribution in [3.05, 3.63) is 0 Å². The maximum atomic E-state index is 11.6. The first-order valence-electron chi connectivity index (χ1n) is 6.33. The van der Waals surface area contributed by atoms with Crippen LogP contribution in [0.25, 0.3) is 0 Å². The van der Waals surface area contributed by atoms with E-state index >= 15 is 0 Å². The lowest BCUT2D eigenvalue weighted by atomic mass is 9.92. The topological polar surface area (TPSA) is 69.6 Å². The number of carbonyl (C=O) groups excluding carboxylic acids is 1. The second-order valence-corrected chi connectivity index (χ2v) is 4.63. The Morgan fingerprint density at radius 1 is 1.29 bits per heavy atom. The largest absolute Gasteiger partial charge is 0.481 e. The van der Waals surface area contributed by atoms with Crippen molar-refractivity contribution in [1.82, 2.24) is 10.2 Å². The summed E-state index contributed by atoms with van der Waals surface area (Å²) in [6, 6.07) is 0.412. The van der Waals surface area contributed by atoms with Crippen molar-refractivity contribution in [2.45, 2.75) is 51.0 Å². The Kier molecular flexibility index (Phi) is 5.80. The van der Waals surface area contributed by atoms with Gasteiger partial charge in [-0.15, -0.1) is 0 Å². The van der Waals surface area contributed by atoms with Crippen LogP contribution in [-0.4, -0.2) is 41.6 Å². The molecule has 0 atom stereocenters. The van der Waals surface area contributed by atoms with E-state index in [1.54, 1.807) is 4.90 Å². The number of rotatable bonds is 7. The van der Waals surface area contributed by atoms with Crippen LogP contribution in [0.15, 0.2) is 0 Å². The third-order valence-electron chi connectivity index (χ3n) is 3.29. The zero-order valence-electron chi connectivity index (χ0n) is 10.4. The van der Waals surface area contributed by atoms with Crippen LogP contribution in [0.3, 0.4) is 0 Å². The van der Waals surface area contributed by atoms with Crippen LogP contribution in [-0.2, 0) is 4.79 Å². The van der Waals surface area contributed by atoms with Gasteiger partial charge >= 0.3 is 12.0 Å². The van der Waals surface area contributed by atoms with Gasteiger partial charge in [0.15, 0.2) is 0 Å². The van der Waals surface area contributed by atoms with Crippen molar-refractivity contribution in [1.29, 1.82) is 0 Å². The molecule has 0 aliphatic heterocycles. The SMILES string of the molecule is CN(C(=O)NCCCCCC(=O)O)C1CCC1. The molecule has 5 nitrogen and oxygen atoms in total. The summed E-state index contributed by atoms with van der Waals surface area (Å²) in [7, 11) is 1.84. The Morgan fingerprint density at radius 3 is 2.53 bits per heavy atom. The Hall–Kier alpha value is -1.26. The van der Waals surface area contributed by atoms with Crippen molar-refractivity contribution in [2.24, 2.45) is 0 Å². The van der Waals surface area contributed by atoms with E-state index in [9.17, 15) is 9.59 Å². The summed E-state index contributed by atoms with van der Waals surface area (Å²) in [5.41, 5.74) is 0. The highest BCUT2D eigenvalue weighted by molar-refractivity contribution is 5.74. The molecular weight excluding hydrogens is 220 g/mol. The molecule has 1 rings (SSSR count).